The molecule has 0 saturated carbocycles. The smallest absolute Gasteiger partial charge is 0.416 e. The van der Waals surface area contributed by atoms with Gasteiger partial charge in [0, 0.05) is 17.2 Å². The first kappa shape index (κ1) is 29.6. The van der Waals surface area contributed by atoms with Gasteiger partial charge in [-0.3, -0.25) is 4.79 Å². The Morgan fingerprint density at radius 3 is 2.44 bits per heavy atom. The van der Waals surface area contributed by atoms with Crippen LogP contribution >= 0.6 is 12.4 Å². The number of alkyl halides is 3. The molecule has 0 fully saturated rings. The van der Waals surface area contributed by atoms with Gasteiger partial charge in [-0.2, -0.15) is 13.2 Å². The lowest BCUT2D eigenvalue weighted by atomic mass is 9.88. The van der Waals surface area contributed by atoms with E-state index in [0.29, 0.717) is 36.1 Å². The van der Waals surface area contributed by atoms with E-state index in [0.717, 1.165) is 18.9 Å². The van der Waals surface area contributed by atoms with Crippen molar-refractivity contribution in [1.29, 1.82) is 0 Å². The normalized spacial score (nSPS) is 12.1. The fraction of sp³-hybridized carbons (Fsp3) is 0.400. The molecule has 2 aromatic carbocycles. The van der Waals surface area contributed by atoms with Gasteiger partial charge in [-0.05, 0) is 80.5 Å². The Hall–Kier alpha value is -2.45. The van der Waals surface area contributed by atoms with Gasteiger partial charge in [-0.15, -0.1) is 19.0 Å². The van der Waals surface area contributed by atoms with Crippen LogP contribution in [0.4, 0.5) is 22.0 Å². The molecule has 0 heterocycles. The number of esters is 1. The number of benzene rings is 2. The maximum absolute atomic E-state index is 15.6. The summed E-state index contributed by atoms with van der Waals surface area (Å²) in [4.78, 5) is 11.8. The Balaban J connectivity index is 0.00000578. The molecule has 188 valence electrons. The summed E-state index contributed by atoms with van der Waals surface area (Å²) < 4.78 is 75.5. The van der Waals surface area contributed by atoms with E-state index < -0.39 is 47.4 Å². The van der Waals surface area contributed by atoms with Crippen LogP contribution in [0.1, 0.15) is 60.9 Å². The molecule has 2 N–H and O–H groups in total. The number of aryl methyl sites for hydroxylation is 2. The molecule has 0 aliphatic heterocycles. The van der Waals surface area contributed by atoms with Crippen molar-refractivity contribution in [3.05, 3.63) is 70.8 Å². The topological polar surface area (TPSA) is 52.3 Å². The minimum atomic E-state index is -4.78. The molecular formula is C25H29ClF5NO2. The van der Waals surface area contributed by atoms with Gasteiger partial charge in [0.05, 0.1) is 18.6 Å². The standard InChI is InChI=1S/C25H28F5NO2.ClH/c1-4-6-7-8-9-16-11-18(26)10-15(3)23(16)20-13-17(25(28,29)30)12-19(24(20)27)21(31)14-22(32)33-5-2;/h4,10-13,21H,1,5-9,14,31H2,2-3H3;1H/t21-;/m0./s1. The Labute approximate surface area is 202 Å². The second-order valence-electron chi connectivity index (χ2n) is 7.83. The lowest BCUT2D eigenvalue weighted by Crippen LogP contribution is -2.20. The van der Waals surface area contributed by atoms with Crippen molar-refractivity contribution in [1.82, 2.24) is 0 Å². The molecule has 0 spiro atoms. The largest absolute Gasteiger partial charge is 0.466 e. The Bertz CT molecular complexity index is 1010. The summed E-state index contributed by atoms with van der Waals surface area (Å²) >= 11 is 0. The van der Waals surface area contributed by atoms with Crippen LogP contribution in [-0.2, 0) is 22.1 Å². The van der Waals surface area contributed by atoms with Crippen molar-refractivity contribution < 1.29 is 31.5 Å². The average molecular weight is 506 g/mol. The van der Waals surface area contributed by atoms with E-state index >= 15 is 4.39 Å². The maximum Gasteiger partial charge on any atom is 0.416 e. The summed E-state index contributed by atoms with van der Waals surface area (Å²) in [7, 11) is 0. The summed E-state index contributed by atoms with van der Waals surface area (Å²) in [6, 6.07) is 2.35. The van der Waals surface area contributed by atoms with Gasteiger partial charge >= 0.3 is 12.1 Å². The van der Waals surface area contributed by atoms with Gasteiger partial charge in [0.2, 0.25) is 0 Å². The number of hydrogen-bond donors (Lipinski definition) is 1. The number of hydrogen-bond acceptors (Lipinski definition) is 3. The number of carbonyl (C=O) groups excluding carboxylic acids is 1. The third-order valence-electron chi connectivity index (χ3n) is 5.28. The fourth-order valence-electron chi connectivity index (χ4n) is 3.77. The first-order chi connectivity index (χ1) is 15.5. The second kappa shape index (κ2) is 12.9. The van der Waals surface area contributed by atoms with E-state index in [-0.39, 0.29) is 30.1 Å². The predicted octanol–water partition coefficient (Wildman–Crippen LogP) is 7.23. The third-order valence-corrected chi connectivity index (χ3v) is 5.28. The first-order valence-corrected chi connectivity index (χ1v) is 10.7. The number of halogens is 6. The van der Waals surface area contributed by atoms with Gasteiger partial charge in [0.1, 0.15) is 11.6 Å². The van der Waals surface area contributed by atoms with Crippen molar-refractivity contribution >= 4 is 18.4 Å². The molecule has 2 rings (SSSR count). The molecule has 0 unspecified atom stereocenters. The molecule has 3 nitrogen and oxygen atoms in total. The number of carbonyl (C=O) groups is 1. The highest BCUT2D eigenvalue weighted by Gasteiger charge is 2.34. The molecule has 0 radical (unpaired) electrons. The molecule has 9 heteroatoms. The zero-order valence-corrected chi connectivity index (χ0v) is 19.9. The highest BCUT2D eigenvalue weighted by Crippen LogP contribution is 2.40. The van der Waals surface area contributed by atoms with E-state index in [9.17, 15) is 22.4 Å². The summed E-state index contributed by atoms with van der Waals surface area (Å²) in [5.74, 6) is -2.27. The van der Waals surface area contributed by atoms with E-state index in [4.69, 9.17) is 10.5 Å². The summed E-state index contributed by atoms with van der Waals surface area (Å²) in [5.41, 5.74) is 4.95. The number of nitrogens with two attached hydrogens (primary N) is 1. The van der Waals surface area contributed by atoms with E-state index in [2.05, 4.69) is 6.58 Å². The van der Waals surface area contributed by atoms with Crippen LogP contribution in [-0.4, -0.2) is 12.6 Å². The second-order valence-corrected chi connectivity index (χ2v) is 7.83. The third kappa shape index (κ3) is 7.53. The lowest BCUT2D eigenvalue weighted by Gasteiger charge is -2.21. The summed E-state index contributed by atoms with van der Waals surface area (Å²) in [6.45, 7) is 6.79. The molecule has 0 saturated heterocycles. The van der Waals surface area contributed by atoms with Crippen LogP contribution < -0.4 is 5.73 Å². The summed E-state index contributed by atoms with van der Waals surface area (Å²) in [5, 5.41) is 0. The quantitative estimate of drug-likeness (QED) is 0.160. The summed E-state index contributed by atoms with van der Waals surface area (Å²) in [6.07, 6.45) is -1.07. The highest BCUT2D eigenvalue weighted by atomic mass is 35.5. The molecule has 34 heavy (non-hydrogen) atoms. The Morgan fingerprint density at radius 1 is 1.18 bits per heavy atom. The molecular weight excluding hydrogens is 477 g/mol. The highest BCUT2D eigenvalue weighted by molar-refractivity contribution is 5.85. The SMILES string of the molecule is C=CCCCCc1cc(F)cc(C)c1-c1cc(C(F)(F)F)cc([C@@H](N)CC(=O)OCC)c1F.Cl. The van der Waals surface area contributed by atoms with Crippen LogP contribution in [0.2, 0.25) is 0 Å². The first-order valence-electron chi connectivity index (χ1n) is 10.7. The Morgan fingerprint density at radius 2 is 1.85 bits per heavy atom. The number of allylic oxidation sites excluding steroid dienone is 1. The van der Waals surface area contributed by atoms with E-state index in [1.165, 1.54) is 13.0 Å². The molecule has 1 atom stereocenters. The van der Waals surface area contributed by atoms with Crippen LogP contribution in [0.15, 0.2) is 36.9 Å². The van der Waals surface area contributed by atoms with Crippen LogP contribution in [0.5, 0.6) is 0 Å². The van der Waals surface area contributed by atoms with Gasteiger partial charge in [0.25, 0.3) is 0 Å². The zero-order valence-electron chi connectivity index (χ0n) is 19.1. The molecule has 0 bridgehead atoms. The minimum Gasteiger partial charge on any atom is -0.466 e. The maximum atomic E-state index is 15.6. The lowest BCUT2D eigenvalue weighted by molar-refractivity contribution is -0.143. The van der Waals surface area contributed by atoms with Crippen molar-refractivity contribution in [2.24, 2.45) is 5.73 Å². The van der Waals surface area contributed by atoms with Crippen molar-refractivity contribution in [3.8, 4) is 11.1 Å². The minimum absolute atomic E-state index is 0. The predicted molar refractivity (Wildman–Crippen MR) is 125 cm³/mol. The van der Waals surface area contributed by atoms with Gasteiger partial charge in [-0.1, -0.05) is 6.08 Å². The molecule has 0 aliphatic rings. The van der Waals surface area contributed by atoms with E-state index in [1.807, 2.05) is 0 Å². The molecule has 0 amide bonds. The van der Waals surface area contributed by atoms with Crippen LogP contribution in [0.3, 0.4) is 0 Å². The van der Waals surface area contributed by atoms with Gasteiger partial charge in [-0.25, -0.2) is 8.78 Å². The van der Waals surface area contributed by atoms with Crippen molar-refractivity contribution in [2.75, 3.05) is 6.61 Å². The molecule has 2 aromatic rings. The van der Waals surface area contributed by atoms with Gasteiger partial charge in [0.15, 0.2) is 0 Å². The zero-order chi connectivity index (χ0) is 24.8. The van der Waals surface area contributed by atoms with Gasteiger partial charge < -0.3 is 10.5 Å². The monoisotopic (exact) mass is 505 g/mol. The number of rotatable bonds is 10. The molecule has 0 aliphatic carbocycles. The molecule has 0 aromatic heterocycles. The van der Waals surface area contributed by atoms with Crippen LogP contribution in [0, 0.1) is 18.6 Å². The Kier molecular flexibility index (Phi) is 11.2. The number of ether oxygens (including phenoxy) is 1. The van der Waals surface area contributed by atoms with Crippen molar-refractivity contribution in [3.63, 3.8) is 0 Å². The van der Waals surface area contributed by atoms with Crippen LogP contribution in [0.25, 0.3) is 11.1 Å². The number of unbranched alkanes of at least 4 members (excludes halogenated alkanes) is 2. The van der Waals surface area contributed by atoms with Crippen molar-refractivity contribution in [2.45, 2.75) is 58.2 Å². The van der Waals surface area contributed by atoms with E-state index in [1.54, 1.807) is 13.0 Å². The average Bonchev–Trinajstić information content (AvgIpc) is 2.70. The fourth-order valence-corrected chi connectivity index (χ4v) is 3.77.